The number of amides is 2. The van der Waals surface area contributed by atoms with Gasteiger partial charge in [-0.15, -0.1) is 0 Å². The molecule has 0 aromatic carbocycles. The van der Waals surface area contributed by atoms with Crippen LogP contribution in [0.1, 0.15) is 19.8 Å². The van der Waals surface area contributed by atoms with Crippen molar-refractivity contribution in [2.45, 2.75) is 37.9 Å². The van der Waals surface area contributed by atoms with E-state index in [1.54, 1.807) is 6.92 Å². The van der Waals surface area contributed by atoms with Gasteiger partial charge >= 0.3 is 0 Å². The highest BCUT2D eigenvalue weighted by molar-refractivity contribution is 5.90. The summed E-state index contributed by atoms with van der Waals surface area (Å²) in [5.74, 6) is -0.720. The van der Waals surface area contributed by atoms with Crippen molar-refractivity contribution in [3.63, 3.8) is 0 Å². The molecule has 5 N–H and O–H groups in total. The van der Waals surface area contributed by atoms with Gasteiger partial charge in [-0.2, -0.15) is 0 Å². The fourth-order valence-corrected chi connectivity index (χ4v) is 1.95. The average Bonchev–Trinajstić information content (AvgIpc) is 2.84. The number of nitrogens with two attached hydrogens (primary N) is 2. The summed E-state index contributed by atoms with van der Waals surface area (Å²) in [5, 5.41) is 2.50. The number of nitrogens with one attached hydrogen (secondary N) is 1. The summed E-state index contributed by atoms with van der Waals surface area (Å²) in [5.41, 5.74) is 10.7. The van der Waals surface area contributed by atoms with Crippen LogP contribution in [0.15, 0.2) is 0 Å². The van der Waals surface area contributed by atoms with Gasteiger partial charge in [0.05, 0.1) is 12.1 Å². The molecule has 0 saturated carbocycles. The minimum Gasteiger partial charge on any atom is -0.343 e. The minimum atomic E-state index is -0.819. The van der Waals surface area contributed by atoms with Crippen LogP contribution >= 0.6 is 0 Å². The highest BCUT2D eigenvalue weighted by Crippen LogP contribution is 2.16. The van der Waals surface area contributed by atoms with Gasteiger partial charge in [-0.25, -0.2) is 0 Å². The Balaban J connectivity index is 2.56. The number of likely N-dealkylation sites (tertiary alicyclic amines) is 1. The van der Waals surface area contributed by atoms with Crippen molar-refractivity contribution in [3.8, 4) is 0 Å². The van der Waals surface area contributed by atoms with Crippen LogP contribution in [0.25, 0.3) is 0 Å². The first kappa shape index (κ1) is 14.6. The lowest BCUT2D eigenvalue weighted by Gasteiger charge is -2.25. The summed E-state index contributed by atoms with van der Waals surface area (Å²) in [7, 11) is 0. The van der Waals surface area contributed by atoms with Crippen molar-refractivity contribution < 1.29 is 14.4 Å². The average molecular weight is 256 g/mol. The molecule has 1 rings (SSSR count). The summed E-state index contributed by atoms with van der Waals surface area (Å²) >= 11 is 0. The lowest BCUT2D eigenvalue weighted by atomic mass is 10.2. The molecule has 0 bridgehead atoms. The molecule has 0 radical (unpaired) electrons. The molecule has 7 heteroatoms. The second-order valence-electron chi connectivity index (χ2n) is 4.45. The van der Waals surface area contributed by atoms with Gasteiger partial charge in [0, 0.05) is 13.1 Å². The molecule has 1 aliphatic rings. The van der Waals surface area contributed by atoms with Crippen LogP contribution < -0.4 is 16.8 Å². The minimum absolute atomic E-state index is 0.0213. The molecule has 1 heterocycles. The Morgan fingerprint density at radius 3 is 2.78 bits per heavy atom. The van der Waals surface area contributed by atoms with Crippen molar-refractivity contribution in [1.29, 1.82) is 0 Å². The quantitative estimate of drug-likeness (QED) is 0.490. The Morgan fingerprint density at radius 1 is 1.56 bits per heavy atom. The lowest BCUT2D eigenvalue weighted by Crippen LogP contribution is -2.53. The van der Waals surface area contributed by atoms with Gasteiger partial charge in [0.15, 0.2) is 0 Å². The number of aldehydes is 1. The summed E-state index contributed by atoms with van der Waals surface area (Å²) in [6.07, 6.45) is 2.25. The molecular formula is C11H20N4O3. The van der Waals surface area contributed by atoms with E-state index in [4.69, 9.17) is 11.5 Å². The number of hydrogen-bond donors (Lipinski definition) is 3. The van der Waals surface area contributed by atoms with Crippen LogP contribution in [-0.4, -0.2) is 54.2 Å². The molecule has 2 amide bonds. The fourth-order valence-electron chi connectivity index (χ4n) is 1.95. The monoisotopic (exact) mass is 256 g/mol. The maximum Gasteiger partial charge on any atom is 0.245 e. The zero-order valence-corrected chi connectivity index (χ0v) is 10.5. The van der Waals surface area contributed by atoms with E-state index in [0.29, 0.717) is 13.0 Å². The SMILES string of the molecule is C[C@@H](NC(=O)C(N)CN)C(=O)N1CCC[C@H]1C=O. The molecule has 3 atom stereocenters. The number of rotatable bonds is 5. The Kier molecular flexibility index (Phi) is 5.24. The number of hydrogen-bond acceptors (Lipinski definition) is 5. The smallest absolute Gasteiger partial charge is 0.245 e. The largest absolute Gasteiger partial charge is 0.343 e. The lowest BCUT2D eigenvalue weighted by molar-refractivity contribution is -0.138. The van der Waals surface area contributed by atoms with E-state index in [2.05, 4.69) is 5.32 Å². The van der Waals surface area contributed by atoms with Gasteiger partial charge in [-0.05, 0) is 19.8 Å². The highest BCUT2D eigenvalue weighted by Gasteiger charge is 2.31. The molecule has 7 nitrogen and oxygen atoms in total. The normalized spacial score (nSPS) is 22.4. The van der Waals surface area contributed by atoms with Gasteiger partial charge in [0.1, 0.15) is 12.3 Å². The molecular weight excluding hydrogens is 236 g/mol. The first-order valence-corrected chi connectivity index (χ1v) is 6.03. The second-order valence-corrected chi connectivity index (χ2v) is 4.45. The maximum atomic E-state index is 12.0. The first-order chi connectivity index (χ1) is 8.51. The molecule has 0 aromatic heterocycles. The van der Waals surface area contributed by atoms with E-state index in [-0.39, 0.29) is 18.5 Å². The zero-order valence-electron chi connectivity index (χ0n) is 10.5. The van der Waals surface area contributed by atoms with E-state index in [9.17, 15) is 14.4 Å². The van der Waals surface area contributed by atoms with Crippen LogP contribution in [0, 0.1) is 0 Å². The summed E-state index contributed by atoms with van der Waals surface area (Å²) < 4.78 is 0. The van der Waals surface area contributed by atoms with Crippen molar-refractivity contribution in [3.05, 3.63) is 0 Å². The van der Waals surface area contributed by atoms with Crippen LogP contribution in [0.2, 0.25) is 0 Å². The summed E-state index contributed by atoms with van der Waals surface area (Å²) in [6.45, 7) is 2.14. The maximum absolute atomic E-state index is 12.0. The van der Waals surface area contributed by atoms with Gasteiger partial charge in [0.2, 0.25) is 11.8 Å². The predicted molar refractivity (Wildman–Crippen MR) is 65.4 cm³/mol. The Morgan fingerprint density at radius 2 is 2.22 bits per heavy atom. The molecule has 1 saturated heterocycles. The third-order valence-corrected chi connectivity index (χ3v) is 3.06. The first-order valence-electron chi connectivity index (χ1n) is 6.03. The Bertz CT molecular complexity index is 334. The van der Waals surface area contributed by atoms with Gasteiger partial charge in [-0.3, -0.25) is 9.59 Å². The topological polar surface area (TPSA) is 119 Å². The van der Waals surface area contributed by atoms with E-state index in [1.807, 2.05) is 0 Å². The summed E-state index contributed by atoms with van der Waals surface area (Å²) in [4.78, 5) is 35.8. The van der Waals surface area contributed by atoms with Crippen LogP contribution in [-0.2, 0) is 14.4 Å². The third kappa shape index (κ3) is 3.27. The van der Waals surface area contributed by atoms with Gasteiger partial charge in [-0.1, -0.05) is 0 Å². The van der Waals surface area contributed by atoms with Crippen LogP contribution in [0.4, 0.5) is 0 Å². The molecule has 102 valence electrons. The molecule has 1 fully saturated rings. The fraction of sp³-hybridized carbons (Fsp3) is 0.727. The molecule has 0 aliphatic carbocycles. The third-order valence-electron chi connectivity index (χ3n) is 3.06. The van der Waals surface area contributed by atoms with Crippen LogP contribution in [0.3, 0.4) is 0 Å². The van der Waals surface area contributed by atoms with Crippen molar-refractivity contribution >= 4 is 18.1 Å². The van der Waals surface area contributed by atoms with Crippen molar-refractivity contribution in [2.75, 3.05) is 13.1 Å². The number of nitrogens with zero attached hydrogens (tertiary/aromatic N) is 1. The zero-order chi connectivity index (χ0) is 13.7. The molecule has 0 aromatic rings. The molecule has 1 unspecified atom stereocenters. The molecule has 0 spiro atoms. The highest BCUT2D eigenvalue weighted by atomic mass is 16.2. The number of carbonyl (C=O) groups is 3. The van der Waals surface area contributed by atoms with Crippen molar-refractivity contribution in [1.82, 2.24) is 10.2 Å². The van der Waals surface area contributed by atoms with E-state index in [1.165, 1.54) is 4.90 Å². The van der Waals surface area contributed by atoms with E-state index < -0.39 is 18.0 Å². The second kappa shape index (κ2) is 6.46. The van der Waals surface area contributed by atoms with Gasteiger partial charge in [0.25, 0.3) is 0 Å². The van der Waals surface area contributed by atoms with E-state index >= 15 is 0 Å². The standard InChI is InChI=1S/C11H20N4O3/c1-7(14-10(17)9(13)5-12)11(18)15-4-2-3-8(15)6-16/h6-9H,2-5,12-13H2,1H3,(H,14,17)/t7-,8+,9?/m1/s1. The Labute approximate surface area is 106 Å². The molecule has 18 heavy (non-hydrogen) atoms. The van der Waals surface area contributed by atoms with E-state index in [0.717, 1.165) is 12.7 Å². The molecule has 1 aliphatic heterocycles. The predicted octanol–water partition coefficient (Wildman–Crippen LogP) is -2.03. The summed E-state index contributed by atoms with van der Waals surface area (Å²) in [6, 6.07) is -1.89. The van der Waals surface area contributed by atoms with Gasteiger partial charge < -0.3 is 26.5 Å². The number of carbonyl (C=O) groups excluding carboxylic acids is 3. The van der Waals surface area contributed by atoms with Crippen LogP contribution in [0.5, 0.6) is 0 Å². The van der Waals surface area contributed by atoms with Crippen molar-refractivity contribution in [2.24, 2.45) is 11.5 Å². The Hall–Kier alpha value is -1.47.